The van der Waals surface area contributed by atoms with Crippen LogP contribution in [0.2, 0.25) is 0 Å². The highest BCUT2D eigenvalue weighted by Crippen LogP contribution is 2.28. The smallest absolute Gasteiger partial charge is 0.130 e. The zero-order valence-corrected chi connectivity index (χ0v) is 8.86. The van der Waals surface area contributed by atoms with Gasteiger partial charge in [0.25, 0.3) is 0 Å². The van der Waals surface area contributed by atoms with Gasteiger partial charge in [0.2, 0.25) is 0 Å². The summed E-state index contributed by atoms with van der Waals surface area (Å²) in [5.41, 5.74) is 7.91. The van der Waals surface area contributed by atoms with E-state index in [1.807, 2.05) is 6.92 Å². The molecule has 0 aromatic heterocycles. The Bertz CT molecular complexity index is 337. The first kappa shape index (κ1) is 11.0. The molecule has 78 valence electrons. The van der Waals surface area contributed by atoms with Gasteiger partial charge >= 0.3 is 0 Å². The third kappa shape index (κ3) is 1.87. The van der Waals surface area contributed by atoms with Crippen molar-refractivity contribution >= 4 is 0 Å². The zero-order valence-electron chi connectivity index (χ0n) is 8.86. The van der Waals surface area contributed by atoms with Crippen LogP contribution < -0.4 is 10.5 Å². The molecular weight excluding hydrogens is 181 g/mol. The number of halogens is 1. The number of benzene rings is 1. The van der Waals surface area contributed by atoms with Crippen LogP contribution in [0.5, 0.6) is 5.75 Å². The summed E-state index contributed by atoms with van der Waals surface area (Å²) in [6.45, 7) is 4.16. The molecule has 0 unspecified atom stereocenters. The van der Waals surface area contributed by atoms with Gasteiger partial charge in [-0.2, -0.15) is 0 Å². The first-order chi connectivity index (χ1) is 6.61. The number of methoxy groups -OCH3 is 1. The van der Waals surface area contributed by atoms with Crippen molar-refractivity contribution in [2.24, 2.45) is 5.73 Å². The van der Waals surface area contributed by atoms with E-state index in [0.717, 1.165) is 11.1 Å². The third-order valence-corrected chi connectivity index (χ3v) is 2.44. The Morgan fingerprint density at radius 1 is 1.36 bits per heavy atom. The highest BCUT2D eigenvalue weighted by Gasteiger charge is 2.12. The number of rotatable bonds is 3. The normalized spacial score (nSPS) is 10.4. The fourth-order valence-electron chi connectivity index (χ4n) is 1.63. The predicted octanol–water partition coefficient (Wildman–Crippen LogP) is 1.95. The van der Waals surface area contributed by atoms with Crippen molar-refractivity contribution in [2.75, 3.05) is 13.7 Å². The molecule has 0 heterocycles. The number of hydrogen-bond acceptors (Lipinski definition) is 2. The first-order valence-corrected chi connectivity index (χ1v) is 4.64. The molecule has 2 N–H and O–H groups in total. The second-order valence-corrected chi connectivity index (χ2v) is 3.34. The second-order valence-electron chi connectivity index (χ2n) is 3.34. The van der Waals surface area contributed by atoms with Gasteiger partial charge in [0.05, 0.1) is 7.11 Å². The van der Waals surface area contributed by atoms with E-state index in [0.29, 0.717) is 24.3 Å². The first-order valence-electron chi connectivity index (χ1n) is 4.64. The van der Waals surface area contributed by atoms with Crippen LogP contribution in [0.25, 0.3) is 0 Å². The van der Waals surface area contributed by atoms with E-state index in [-0.39, 0.29) is 5.82 Å². The van der Waals surface area contributed by atoms with Crippen LogP contribution in [0.15, 0.2) is 6.07 Å². The molecule has 0 atom stereocenters. The predicted molar refractivity (Wildman–Crippen MR) is 55.2 cm³/mol. The molecule has 0 fully saturated rings. The highest BCUT2D eigenvalue weighted by atomic mass is 19.1. The molecule has 1 aromatic carbocycles. The summed E-state index contributed by atoms with van der Waals surface area (Å²) in [7, 11) is 1.56. The van der Waals surface area contributed by atoms with E-state index >= 15 is 0 Å². The minimum Gasteiger partial charge on any atom is -0.496 e. The van der Waals surface area contributed by atoms with Crippen LogP contribution in [0.3, 0.4) is 0 Å². The summed E-state index contributed by atoms with van der Waals surface area (Å²) < 4.78 is 18.6. The monoisotopic (exact) mass is 197 g/mol. The van der Waals surface area contributed by atoms with Crippen molar-refractivity contribution in [3.63, 3.8) is 0 Å². The van der Waals surface area contributed by atoms with Crippen molar-refractivity contribution in [1.29, 1.82) is 0 Å². The van der Waals surface area contributed by atoms with Crippen LogP contribution in [0, 0.1) is 19.7 Å². The van der Waals surface area contributed by atoms with Crippen molar-refractivity contribution in [2.45, 2.75) is 20.3 Å². The van der Waals surface area contributed by atoms with E-state index in [9.17, 15) is 4.39 Å². The van der Waals surface area contributed by atoms with Crippen LogP contribution in [-0.2, 0) is 6.42 Å². The molecule has 0 saturated heterocycles. The van der Waals surface area contributed by atoms with Crippen LogP contribution in [0.1, 0.15) is 16.7 Å². The van der Waals surface area contributed by atoms with Gasteiger partial charge in [0.15, 0.2) is 0 Å². The van der Waals surface area contributed by atoms with Gasteiger partial charge in [-0.3, -0.25) is 0 Å². The lowest BCUT2D eigenvalue weighted by atomic mass is 10.0. The zero-order chi connectivity index (χ0) is 10.7. The Morgan fingerprint density at radius 2 is 2.00 bits per heavy atom. The molecule has 0 aliphatic carbocycles. The van der Waals surface area contributed by atoms with Gasteiger partial charge in [0, 0.05) is 5.56 Å². The standard InChI is InChI=1S/C11H16FNO/c1-7-9(4-5-13)6-10(12)8(2)11(7)14-3/h6H,4-5,13H2,1-3H3. The number of nitrogens with two attached hydrogens (primary N) is 1. The maximum absolute atomic E-state index is 13.4. The summed E-state index contributed by atoms with van der Waals surface area (Å²) in [6, 6.07) is 1.54. The molecular formula is C11H16FNO. The van der Waals surface area contributed by atoms with Gasteiger partial charge in [-0.05, 0) is 44.0 Å². The summed E-state index contributed by atoms with van der Waals surface area (Å²) >= 11 is 0. The SMILES string of the molecule is COc1c(C)c(F)cc(CCN)c1C. The quantitative estimate of drug-likeness (QED) is 0.803. The van der Waals surface area contributed by atoms with E-state index in [1.165, 1.54) is 0 Å². The van der Waals surface area contributed by atoms with E-state index in [2.05, 4.69) is 0 Å². The van der Waals surface area contributed by atoms with E-state index in [4.69, 9.17) is 10.5 Å². The molecule has 14 heavy (non-hydrogen) atoms. The molecule has 3 heteroatoms. The van der Waals surface area contributed by atoms with Gasteiger partial charge in [-0.25, -0.2) is 4.39 Å². The molecule has 2 nitrogen and oxygen atoms in total. The second kappa shape index (κ2) is 4.42. The Kier molecular flexibility index (Phi) is 3.47. The maximum atomic E-state index is 13.4. The fourth-order valence-corrected chi connectivity index (χ4v) is 1.63. The molecule has 0 aliphatic heterocycles. The molecule has 1 rings (SSSR count). The van der Waals surface area contributed by atoms with Gasteiger partial charge < -0.3 is 10.5 Å². The van der Waals surface area contributed by atoms with E-state index in [1.54, 1.807) is 20.1 Å². The molecule has 1 aromatic rings. The molecule has 0 bridgehead atoms. The van der Waals surface area contributed by atoms with E-state index < -0.39 is 0 Å². The van der Waals surface area contributed by atoms with Crippen LogP contribution >= 0.6 is 0 Å². The van der Waals surface area contributed by atoms with Gasteiger partial charge in [0.1, 0.15) is 11.6 Å². The van der Waals surface area contributed by atoms with Gasteiger partial charge in [-0.1, -0.05) is 0 Å². The molecule has 0 spiro atoms. The van der Waals surface area contributed by atoms with Crippen molar-refractivity contribution in [1.82, 2.24) is 0 Å². The number of ether oxygens (including phenoxy) is 1. The maximum Gasteiger partial charge on any atom is 0.130 e. The van der Waals surface area contributed by atoms with Crippen molar-refractivity contribution < 1.29 is 9.13 Å². The number of hydrogen-bond donors (Lipinski definition) is 1. The minimum absolute atomic E-state index is 0.226. The van der Waals surface area contributed by atoms with Gasteiger partial charge in [-0.15, -0.1) is 0 Å². The topological polar surface area (TPSA) is 35.2 Å². The Morgan fingerprint density at radius 3 is 2.50 bits per heavy atom. The summed E-state index contributed by atoms with van der Waals surface area (Å²) in [6.07, 6.45) is 0.680. The van der Waals surface area contributed by atoms with Crippen molar-refractivity contribution in [3.05, 3.63) is 28.6 Å². The Balaban J connectivity index is 3.27. The lowest BCUT2D eigenvalue weighted by Gasteiger charge is -2.13. The lowest BCUT2D eigenvalue weighted by Crippen LogP contribution is -2.06. The average molecular weight is 197 g/mol. The average Bonchev–Trinajstić information content (AvgIpc) is 2.16. The molecule has 0 aliphatic rings. The third-order valence-electron chi connectivity index (χ3n) is 2.44. The highest BCUT2D eigenvalue weighted by molar-refractivity contribution is 5.46. The van der Waals surface area contributed by atoms with Crippen LogP contribution in [-0.4, -0.2) is 13.7 Å². The van der Waals surface area contributed by atoms with Crippen molar-refractivity contribution in [3.8, 4) is 5.75 Å². The minimum atomic E-state index is -0.226. The largest absolute Gasteiger partial charge is 0.496 e. The molecule has 0 radical (unpaired) electrons. The fraction of sp³-hybridized carbons (Fsp3) is 0.455. The summed E-state index contributed by atoms with van der Waals surface area (Å²) in [5, 5.41) is 0. The lowest BCUT2D eigenvalue weighted by molar-refractivity contribution is 0.403. The van der Waals surface area contributed by atoms with Crippen LogP contribution in [0.4, 0.5) is 4.39 Å². The Hall–Kier alpha value is -1.09. The Labute approximate surface area is 83.9 Å². The molecule has 0 saturated carbocycles. The summed E-state index contributed by atoms with van der Waals surface area (Å²) in [4.78, 5) is 0. The molecule has 0 amide bonds. The summed E-state index contributed by atoms with van der Waals surface area (Å²) in [5.74, 6) is 0.407.